The van der Waals surface area contributed by atoms with Crippen molar-refractivity contribution in [2.45, 2.75) is 13.8 Å². The molecule has 0 atom stereocenters. The van der Waals surface area contributed by atoms with Crippen LogP contribution in [0.2, 0.25) is 0 Å². The lowest BCUT2D eigenvalue weighted by Gasteiger charge is -2.05. The fourth-order valence-corrected chi connectivity index (χ4v) is 1.39. The fraction of sp³-hybridized carbons (Fsp3) is 0.167. The zero-order valence-electron chi connectivity index (χ0n) is 9.16. The summed E-state index contributed by atoms with van der Waals surface area (Å²) in [7, 11) is 0. The maximum absolute atomic E-state index is 13.5. The van der Waals surface area contributed by atoms with Gasteiger partial charge in [0.25, 0.3) is 0 Å². The van der Waals surface area contributed by atoms with Gasteiger partial charge in [0.2, 0.25) is 0 Å². The summed E-state index contributed by atoms with van der Waals surface area (Å²) < 4.78 is 13.5. The van der Waals surface area contributed by atoms with Gasteiger partial charge in [0.15, 0.2) is 5.82 Å². The number of anilines is 1. The van der Waals surface area contributed by atoms with Gasteiger partial charge < -0.3 is 5.73 Å². The number of aromatic nitrogens is 2. The summed E-state index contributed by atoms with van der Waals surface area (Å²) in [6.07, 6.45) is 1.62. The lowest BCUT2D eigenvalue weighted by Crippen LogP contribution is -1.97. The van der Waals surface area contributed by atoms with E-state index in [1.807, 2.05) is 6.92 Å². The average Bonchev–Trinajstić information content (AvgIpc) is 2.26. The third kappa shape index (κ3) is 1.86. The molecule has 0 aliphatic heterocycles. The van der Waals surface area contributed by atoms with Crippen LogP contribution in [0.4, 0.5) is 10.1 Å². The number of aryl methyl sites for hydroxylation is 2. The summed E-state index contributed by atoms with van der Waals surface area (Å²) in [4.78, 5) is 8.25. The van der Waals surface area contributed by atoms with E-state index in [4.69, 9.17) is 5.73 Å². The predicted molar refractivity (Wildman–Crippen MR) is 61.3 cm³/mol. The molecule has 0 aliphatic carbocycles. The lowest BCUT2D eigenvalue weighted by molar-refractivity contribution is 0.624. The Kier molecular flexibility index (Phi) is 2.56. The number of pyridine rings is 2. The molecule has 0 radical (unpaired) electrons. The highest BCUT2D eigenvalue weighted by molar-refractivity contribution is 5.62. The molecule has 3 nitrogen and oxygen atoms in total. The van der Waals surface area contributed by atoms with Crippen molar-refractivity contribution in [1.29, 1.82) is 0 Å². The minimum atomic E-state index is -0.388. The SMILES string of the molecule is Cc1ccc(F)c(-c2cc(N)c(C)cn2)n1. The molecule has 0 saturated carbocycles. The van der Waals surface area contributed by atoms with E-state index in [1.54, 1.807) is 25.3 Å². The van der Waals surface area contributed by atoms with Crippen LogP contribution in [0.25, 0.3) is 11.4 Å². The molecule has 2 rings (SSSR count). The topological polar surface area (TPSA) is 51.8 Å². The monoisotopic (exact) mass is 217 g/mol. The molecule has 2 aromatic rings. The molecule has 2 heterocycles. The molecule has 0 spiro atoms. The number of halogens is 1. The van der Waals surface area contributed by atoms with Crippen molar-refractivity contribution < 1.29 is 4.39 Å². The summed E-state index contributed by atoms with van der Waals surface area (Å²) in [5.41, 5.74) is 8.67. The predicted octanol–water partition coefficient (Wildman–Crippen LogP) is 2.48. The van der Waals surface area contributed by atoms with Gasteiger partial charge in [-0.15, -0.1) is 0 Å². The van der Waals surface area contributed by atoms with Crippen LogP contribution in [0.15, 0.2) is 24.4 Å². The third-order valence-corrected chi connectivity index (χ3v) is 2.37. The largest absolute Gasteiger partial charge is 0.398 e. The molecule has 2 N–H and O–H groups in total. The Labute approximate surface area is 93.2 Å². The van der Waals surface area contributed by atoms with Crippen LogP contribution < -0.4 is 5.73 Å². The fourth-order valence-electron chi connectivity index (χ4n) is 1.39. The van der Waals surface area contributed by atoms with E-state index in [9.17, 15) is 4.39 Å². The first-order valence-electron chi connectivity index (χ1n) is 4.93. The first-order valence-corrected chi connectivity index (χ1v) is 4.93. The van der Waals surface area contributed by atoms with Crippen LogP contribution >= 0.6 is 0 Å². The molecule has 0 amide bonds. The minimum Gasteiger partial charge on any atom is -0.398 e. The van der Waals surface area contributed by atoms with E-state index >= 15 is 0 Å². The summed E-state index contributed by atoms with van der Waals surface area (Å²) in [6, 6.07) is 4.64. The summed E-state index contributed by atoms with van der Waals surface area (Å²) >= 11 is 0. The van der Waals surface area contributed by atoms with Gasteiger partial charge >= 0.3 is 0 Å². The van der Waals surface area contributed by atoms with Crippen molar-refractivity contribution in [3.05, 3.63) is 41.5 Å². The van der Waals surface area contributed by atoms with Gasteiger partial charge in [-0.05, 0) is 37.6 Å². The highest BCUT2D eigenvalue weighted by atomic mass is 19.1. The number of nitrogen functional groups attached to an aromatic ring is 1. The highest BCUT2D eigenvalue weighted by Crippen LogP contribution is 2.22. The number of hydrogen-bond donors (Lipinski definition) is 1. The summed E-state index contributed by atoms with van der Waals surface area (Å²) in [6.45, 7) is 3.66. The molecule has 0 aliphatic rings. The number of nitrogens with zero attached hydrogens (tertiary/aromatic N) is 2. The molecule has 0 unspecified atom stereocenters. The average molecular weight is 217 g/mol. The highest BCUT2D eigenvalue weighted by Gasteiger charge is 2.09. The zero-order chi connectivity index (χ0) is 11.7. The molecular weight excluding hydrogens is 205 g/mol. The molecule has 82 valence electrons. The smallest absolute Gasteiger partial charge is 0.151 e. The second-order valence-corrected chi connectivity index (χ2v) is 3.71. The normalized spacial score (nSPS) is 10.4. The molecule has 16 heavy (non-hydrogen) atoms. The summed E-state index contributed by atoms with van der Waals surface area (Å²) in [5.74, 6) is -0.388. The van der Waals surface area contributed by atoms with Crippen molar-refractivity contribution in [3.8, 4) is 11.4 Å². The van der Waals surface area contributed by atoms with E-state index in [0.717, 1.165) is 11.3 Å². The van der Waals surface area contributed by atoms with Gasteiger partial charge in [0.1, 0.15) is 5.69 Å². The van der Waals surface area contributed by atoms with Crippen LogP contribution in [0.1, 0.15) is 11.3 Å². The van der Waals surface area contributed by atoms with Crippen molar-refractivity contribution in [2.75, 3.05) is 5.73 Å². The van der Waals surface area contributed by atoms with Gasteiger partial charge in [-0.25, -0.2) is 9.37 Å². The molecule has 0 bridgehead atoms. The van der Waals surface area contributed by atoms with E-state index in [2.05, 4.69) is 9.97 Å². The summed E-state index contributed by atoms with van der Waals surface area (Å²) in [5, 5.41) is 0. The van der Waals surface area contributed by atoms with Gasteiger partial charge in [-0.3, -0.25) is 4.98 Å². The zero-order valence-corrected chi connectivity index (χ0v) is 9.16. The second kappa shape index (κ2) is 3.89. The number of nitrogens with two attached hydrogens (primary N) is 1. The van der Waals surface area contributed by atoms with Gasteiger partial charge in [-0.2, -0.15) is 0 Å². The molecule has 0 saturated heterocycles. The Balaban J connectivity index is 2.58. The molecule has 2 aromatic heterocycles. The van der Waals surface area contributed by atoms with E-state index in [-0.39, 0.29) is 11.5 Å². The van der Waals surface area contributed by atoms with Crippen LogP contribution in [0.5, 0.6) is 0 Å². The van der Waals surface area contributed by atoms with E-state index < -0.39 is 0 Å². The van der Waals surface area contributed by atoms with Crippen molar-refractivity contribution in [2.24, 2.45) is 0 Å². The van der Waals surface area contributed by atoms with Crippen LogP contribution in [-0.4, -0.2) is 9.97 Å². The van der Waals surface area contributed by atoms with E-state index in [0.29, 0.717) is 11.4 Å². The maximum atomic E-state index is 13.5. The van der Waals surface area contributed by atoms with Crippen LogP contribution in [-0.2, 0) is 0 Å². The Morgan fingerprint density at radius 1 is 1.25 bits per heavy atom. The Morgan fingerprint density at radius 2 is 2.00 bits per heavy atom. The molecule has 4 heteroatoms. The maximum Gasteiger partial charge on any atom is 0.151 e. The van der Waals surface area contributed by atoms with Gasteiger partial charge in [0, 0.05) is 17.6 Å². The first-order chi connectivity index (χ1) is 7.58. The Hall–Kier alpha value is -1.97. The second-order valence-electron chi connectivity index (χ2n) is 3.71. The van der Waals surface area contributed by atoms with Crippen LogP contribution in [0.3, 0.4) is 0 Å². The van der Waals surface area contributed by atoms with Crippen LogP contribution in [0, 0.1) is 19.7 Å². The lowest BCUT2D eigenvalue weighted by atomic mass is 10.2. The van der Waals surface area contributed by atoms with Gasteiger partial charge in [-0.1, -0.05) is 0 Å². The first kappa shape index (κ1) is 10.5. The molecule has 0 fully saturated rings. The van der Waals surface area contributed by atoms with Crippen molar-refractivity contribution in [3.63, 3.8) is 0 Å². The third-order valence-electron chi connectivity index (χ3n) is 2.37. The van der Waals surface area contributed by atoms with E-state index in [1.165, 1.54) is 6.07 Å². The van der Waals surface area contributed by atoms with Crippen molar-refractivity contribution >= 4 is 5.69 Å². The number of rotatable bonds is 1. The molecular formula is C12H12FN3. The van der Waals surface area contributed by atoms with Crippen molar-refractivity contribution in [1.82, 2.24) is 9.97 Å². The number of hydrogen-bond acceptors (Lipinski definition) is 3. The quantitative estimate of drug-likeness (QED) is 0.798. The minimum absolute atomic E-state index is 0.242. The molecule has 0 aromatic carbocycles. The standard InChI is InChI=1S/C12H12FN3/c1-7-6-15-11(5-10(7)14)12-9(13)4-3-8(2)16-12/h3-6H,1-2H3,(H2,14,15). The Morgan fingerprint density at radius 3 is 2.69 bits per heavy atom. The Bertz CT molecular complexity index is 538. The van der Waals surface area contributed by atoms with Gasteiger partial charge in [0.05, 0.1) is 5.69 Å².